The molecule has 1 amide bonds. The minimum Gasteiger partial charge on any atom is -0.397 e. The Morgan fingerprint density at radius 3 is 2.38 bits per heavy atom. The maximum absolute atomic E-state index is 12.9. The van der Waals surface area contributed by atoms with Crippen LogP contribution in [0.1, 0.15) is 33.1 Å². The number of carbonyl (C=O) groups excluding carboxylic acids is 1. The Bertz CT molecular complexity index is 1340. The predicted octanol–water partition coefficient (Wildman–Crippen LogP) is 2.49. The number of anilines is 1. The standard InChI is InChI=1S/C25H25N5O3S/c1-34(32,33)23-8-7-18(15-26)13-22(23)24(19-5-3-2-4-6-19)29-9-11-30(12-10-29)25(31)20-14-21(27)17-28-16-20/h2-8,13-14,16-17,24H,9-12,27H2,1H3/t24-/m1/s1. The van der Waals surface area contributed by atoms with Crippen LogP contribution >= 0.6 is 0 Å². The van der Waals surface area contributed by atoms with Gasteiger partial charge in [0.05, 0.1) is 33.8 Å². The topological polar surface area (TPSA) is 120 Å². The van der Waals surface area contributed by atoms with Crippen molar-refractivity contribution < 1.29 is 13.2 Å². The van der Waals surface area contributed by atoms with Crippen LogP contribution in [0.2, 0.25) is 0 Å². The molecule has 0 bridgehead atoms. The fraction of sp³-hybridized carbons (Fsp3) is 0.240. The number of rotatable bonds is 5. The van der Waals surface area contributed by atoms with Gasteiger partial charge in [-0.1, -0.05) is 30.3 Å². The Morgan fingerprint density at radius 1 is 1.06 bits per heavy atom. The summed E-state index contributed by atoms with van der Waals surface area (Å²) in [5.74, 6) is -0.140. The summed E-state index contributed by atoms with van der Waals surface area (Å²) in [6.07, 6.45) is 4.17. The molecule has 0 radical (unpaired) electrons. The van der Waals surface area contributed by atoms with Gasteiger partial charge in [-0.15, -0.1) is 0 Å². The summed E-state index contributed by atoms with van der Waals surface area (Å²) in [7, 11) is -3.53. The highest BCUT2D eigenvalue weighted by atomic mass is 32.2. The molecule has 0 unspecified atom stereocenters. The van der Waals surface area contributed by atoms with Gasteiger partial charge in [-0.25, -0.2) is 8.42 Å². The number of pyridine rings is 1. The summed E-state index contributed by atoms with van der Waals surface area (Å²) in [5, 5.41) is 9.47. The molecule has 1 fully saturated rings. The summed E-state index contributed by atoms with van der Waals surface area (Å²) in [4.78, 5) is 21.0. The molecule has 4 rings (SSSR count). The fourth-order valence-electron chi connectivity index (χ4n) is 4.33. The number of hydrogen-bond donors (Lipinski definition) is 1. The van der Waals surface area contributed by atoms with Crippen molar-refractivity contribution in [2.45, 2.75) is 10.9 Å². The summed E-state index contributed by atoms with van der Waals surface area (Å²) < 4.78 is 25.3. The van der Waals surface area contributed by atoms with Gasteiger partial charge in [0.25, 0.3) is 5.91 Å². The molecule has 0 saturated carbocycles. The summed E-state index contributed by atoms with van der Waals surface area (Å²) in [6, 6.07) is 17.6. The predicted molar refractivity (Wildman–Crippen MR) is 129 cm³/mol. The van der Waals surface area contributed by atoms with Gasteiger partial charge in [-0.05, 0) is 35.4 Å². The SMILES string of the molecule is CS(=O)(=O)c1ccc(C#N)cc1[C@@H](c1ccccc1)N1CCN(C(=O)c2cncc(N)c2)CC1. The van der Waals surface area contributed by atoms with E-state index in [9.17, 15) is 18.5 Å². The largest absolute Gasteiger partial charge is 0.397 e. The second-order valence-corrected chi connectivity index (χ2v) is 10.3. The lowest BCUT2D eigenvalue weighted by molar-refractivity contribution is 0.0595. The maximum atomic E-state index is 12.9. The van der Waals surface area contributed by atoms with Crippen molar-refractivity contribution in [2.24, 2.45) is 0 Å². The first-order chi connectivity index (χ1) is 16.3. The number of nitrogens with two attached hydrogens (primary N) is 1. The Labute approximate surface area is 199 Å². The smallest absolute Gasteiger partial charge is 0.255 e. The van der Waals surface area contributed by atoms with E-state index in [1.54, 1.807) is 17.0 Å². The van der Waals surface area contributed by atoms with Crippen LogP contribution in [0.3, 0.4) is 0 Å². The molecule has 1 saturated heterocycles. The van der Waals surface area contributed by atoms with Crippen molar-refractivity contribution in [1.82, 2.24) is 14.8 Å². The van der Waals surface area contributed by atoms with Crippen molar-refractivity contribution in [3.63, 3.8) is 0 Å². The zero-order chi connectivity index (χ0) is 24.3. The molecule has 1 aliphatic heterocycles. The lowest BCUT2D eigenvalue weighted by Gasteiger charge is -2.40. The van der Waals surface area contributed by atoms with Gasteiger partial charge < -0.3 is 10.6 Å². The van der Waals surface area contributed by atoms with Crippen LogP contribution in [-0.2, 0) is 9.84 Å². The number of hydrogen-bond acceptors (Lipinski definition) is 7. The average molecular weight is 476 g/mol. The lowest BCUT2D eigenvalue weighted by atomic mass is 9.95. The molecule has 2 aromatic carbocycles. The molecule has 3 aromatic rings. The second kappa shape index (κ2) is 9.63. The molecule has 1 atom stereocenters. The van der Waals surface area contributed by atoms with E-state index in [1.165, 1.54) is 30.8 Å². The number of sulfone groups is 1. The van der Waals surface area contributed by atoms with Crippen molar-refractivity contribution in [2.75, 3.05) is 38.2 Å². The van der Waals surface area contributed by atoms with Crippen LogP contribution in [0.25, 0.3) is 0 Å². The van der Waals surface area contributed by atoms with Crippen LogP contribution in [0.5, 0.6) is 0 Å². The third kappa shape index (κ3) is 4.93. The number of nitrogen functional groups attached to an aromatic ring is 1. The van der Waals surface area contributed by atoms with Gasteiger partial charge in [0, 0.05) is 44.8 Å². The average Bonchev–Trinajstić information content (AvgIpc) is 2.84. The number of nitriles is 1. The molecular formula is C25H25N5O3S. The lowest BCUT2D eigenvalue weighted by Crippen LogP contribution is -2.50. The molecule has 1 aliphatic rings. The van der Waals surface area contributed by atoms with E-state index in [4.69, 9.17) is 5.73 Å². The van der Waals surface area contributed by atoms with E-state index in [0.29, 0.717) is 48.6 Å². The monoisotopic (exact) mass is 475 g/mol. The number of nitrogens with zero attached hydrogens (tertiary/aromatic N) is 4. The highest BCUT2D eigenvalue weighted by Gasteiger charge is 2.31. The Morgan fingerprint density at radius 2 is 1.76 bits per heavy atom. The normalized spacial score (nSPS) is 15.5. The van der Waals surface area contributed by atoms with Gasteiger partial charge in [0.2, 0.25) is 0 Å². The Balaban J connectivity index is 1.68. The van der Waals surface area contributed by atoms with Gasteiger partial charge >= 0.3 is 0 Å². The number of benzene rings is 2. The van der Waals surface area contributed by atoms with Crippen LogP contribution in [-0.4, -0.2) is 61.5 Å². The Kier molecular flexibility index (Phi) is 6.63. The van der Waals surface area contributed by atoms with Crippen LogP contribution in [0.4, 0.5) is 5.69 Å². The number of aromatic nitrogens is 1. The van der Waals surface area contributed by atoms with Crippen LogP contribution in [0, 0.1) is 11.3 Å². The number of piperazine rings is 1. The first-order valence-corrected chi connectivity index (χ1v) is 12.7. The minimum absolute atomic E-state index is 0.140. The molecule has 2 heterocycles. The first kappa shape index (κ1) is 23.4. The van der Waals surface area contributed by atoms with Gasteiger partial charge in [-0.2, -0.15) is 5.26 Å². The van der Waals surface area contributed by atoms with E-state index in [0.717, 1.165) is 5.56 Å². The Hall–Kier alpha value is -3.74. The van der Waals surface area contributed by atoms with Crippen molar-refractivity contribution >= 4 is 21.4 Å². The minimum atomic E-state index is -3.53. The van der Waals surface area contributed by atoms with E-state index < -0.39 is 9.84 Å². The van der Waals surface area contributed by atoms with Gasteiger partial charge in [-0.3, -0.25) is 14.7 Å². The molecular weight excluding hydrogens is 450 g/mol. The quantitative estimate of drug-likeness (QED) is 0.602. The number of carbonyl (C=O) groups is 1. The zero-order valence-corrected chi connectivity index (χ0v) is 19.6. The second-order valence-electron chi connectivity index (χ2n) is 8.28. The molecule has 9 heteroatoms. The third-order valence-electron chi connectivity index (χ3n) is 5.92. The van der Waals surface area contributed by atoms with Crippen LogP contribution < -0.4 is 5.73 Å². The summed E-state index contributed by atoms with van der Waals surface area (Å²) >= 11 is 0. The van der Waals surface area contributed by atoms with E-state index in [2.05, 4.69) is 16.0 Å². The first-order valence-electron chi connectivity index (χ1n) is 10.8. The third-order valence-corrected chi connectivity index (χ3v) is 7.09. The highest BCUT2D eigenvalue weighted by Crippen LogP contribution is 2.34. The number of amides is 1. The summed E-state index contributed by atoms with van der Waals surface area (Å²) in [6.45, 7) is 1.98. The van der Waals surface area contributed by atoms with E-state index in [1.807, 2.05) is 30.3 Å². The highest BCUT2D eigenvalue weighted by molar-refractivity contribution is 7.90. The molecule has 1 aromatic heterocycles. The van der Waals surface area contributed by atoms with Crippen molar-refractivity contribution in [1.29, 1.82) is 5.26 Å². The molecule has 0 spiro atoms. The van der Waals surface area contributed by atoms with Gasteiger partial charge in [0.15, 0.2) is 9.84 Å². The van der Waals surface area contributed by atoms with Crippen LogP contribution in [0.15, 0.2) is 71.9 Å². The molecule has 2 N–H and O–H groups in total. The van der Waals surface area contributed by atoms with Crippen molar-refractivity contribution in [3.05, 3.63) is 89.2 Å². The maximum Gasteiger partial charge on any atom is 0.255 e. The molecule has 0 aliphatic carbocycles. The van der Waals surface area contributed by atoms with E-state index >= 15 is 0 Å². The summed E-state index contributed by atoms with van der Waals surface area (Å²) in [5.41, 5.74) is 8.52. The fourth-order valence-corrected chi connectivity index (χ4v) is 5.25. The van der Waals surface area contributed by atoms with E-state index in [-0.39, 0.29) is 16.8 Å². The molecule has 8 nitrogen and oxygen atoms in total. The van der Waals surface area contributed by atoms with Gasteiger partial charge in [0.1, 0.15) is 0 Å². The molecule has 174 valence electrons. The van der Waals surface area contributed by atoms with Crippen molar-refractivity contribution in [3.8, 4) is 6.07 Å². The zero-order valence-electron chi connectivity index (χ0n) is 18.8. The molecule has 34 heavy (non-hydrogen) atoms.